The Hall–Kier alpha value is -2.31. The van der Waals surface area contributed by atoms with Crippen LogP contribution in [0.5, 0.6) is 0 Å². The third-order valence-corrected chi connectivity index (χ3v) is 4.21. The molecule has 2 aromatic rings. The number of nitrogens with two attached hydrogens (primary N) is 1. The van der Waals surface area contributed by atoms with E-state index in [2.05, 4.69) is 6.07 Å². The van der Waals surface area contributed by atoms with Crippen LogP contribution in [0.4, 0.5) is 10.1 Å². The monoisotopic (exact) mass is 328 g/mol. The molecule has 0 aliphatic rings. The van der Waals surface area contributed by atoms with Crippen LogP contribution in [-0.4, -0.2) is 0 Å². The molecule has 2 nitrogen and oxygen atoms in total. The maximum atomic E-state index is 13.6. The van der Waals surface area contributed by atoms with Gasteiger partial charge in [-0.1, -0.05) is 30.7 Å². The van der Waals surface area contributed by atoms with Crippen LogP contribution in [0.2, 0.25) is 5.02 Å². The lowest BCUT2D eigenvalue weighted by Gasteiger charge is -2.16. The van der Waals surface area contributed by atoms with E-state index in [1.54, 1.807) is 6.07 Å². The molecule has 0 radical (unpaired) electrons. The van der Waals surface area contributed by atoms with E-state index in [-0.39, 0.29) is 10.7 Å². The predicted octanol–water partition coefficient (Wildman–Crippen LogP) is 5.39. The molecule has 0 heterocycles. The van der Waals surface area contributed by atoms with Crippen LogP contribution in [0.1, 0.15) is 41.2 Å². The van der Waals surface area contributed by atoms with Crippen LogP contribution in [0.15, 0.2) is 30.3 Å². The number of nitrogen functional groups attached to an aromatic ring is 1. The molecule has 2 aromatic carbocycles. The first-order valence-electron chi connectivity index (χ1n) is 7.36. The quantitative estimate of drug-likeness (QED) is 0.768. The summed E-state index contributed by atoms with van der Waals surface area (Å²) >= 11 is 6.27. The molecule has 118 valence electrons. The zero-order chi connectivity index (χ0) is 17.1. The van der Waals surface area contributed by atoms with E-state index in [0.717, 1.165) is 28.7 Å². The molecule has 0 saturated heterocycles. The first-order chi connectivity index (χ1) is 10.9. The number of hydrogen-bond acceptors (Lipinski definition) is 2. The Balaban J connectivity index is 2.74. The summed E-state index contributed by atoms with van der Waals surface area (Å²) in [6.45, 7) is 5.89. The van der Waals surface area contributed by atoms with E-state index in [4.69, 9.17) is 17.3 Å². The Labute approximate surface area is 141 Å². The second-order valence-electron chi connectivity index (χ2n) is 5.44. The van der Waals surface area contributed by atoms with Crippen LogP contribution < -0.4 is 5.73 Å². The van der Waals surface area contributed by atoms with Crippen molar-refractivity contribution in [2.24, 2.45) is 0 Å². The van der Waals surface area contributed by atoms with Crippen molar-refractivity contribution in [3.8, 4) is 6.07 Å². The van der Waals surface area contributed by atoms with Crippen molar-refractivity contribution < 1.29 is 4.39 Å². The molecule has 2 N–H and O–H groups in total. The number of aryl methyl sites for hydroxylation is 2. The van der Waals surface area contributed by atoms with Crippen molar-refractivity contribution in [2.75, 3.05) is 5.73 Å². The number of hydrogen-bond donors (Lipinski definition) is 1. The first-order valence-corrected chi connectivity index (χ1v) is 7.74. The molecule has 0 spiro atoms. The lowest BCUT2D eigenvalue weighted by molar-refractivity contribution is 0.632. The molecule has 0 aromatic heterocycles. The summed E-state index contributed by atoms with van der Waals surface area (Å²) in [6.07, 6.45) is 2.79. The molecule has 0 unspecified atom stereocenters. The van der Waals surface area contributed by atoms with E-state index in [9.17, 15) is 9.65 Å². The molecule has 4 heteroatoms. The van der Waals surface area contributed by atoms with E-state index < -0.39 is 5.82 Å². The smallest absolute Gasteiger partial charge is 0.147 e. The number of nitrogens with zero attached hydrogens (tertiary/aromatic N) is 1. The summed E-state index contributed by atoms with van der Waals surface area (Å²) < 4.78 is 13.6. The summed E-state index contributed by atoms with van der Waals surface area (Å²) in [5, 5.41) is 9.48. The Morgan fingerprint density at radius 1 is 1.26 bits per heavy atom. The highest BCUT2D eigenvalue weighted by Gasteiger charge is 2.16. The molecule has 2 rings (SSSR count). The number of benzene rings is 2. The largest absolute Gasteiger partial charge is 0.395 e. The molecular formula is C19H18ClFN2. The second-order valence-corrected chi connectivity index (χ2v) is 5.82. The van der Waals surface area contributed by atoms with Crippen molar-refractivity contribution in [1.29, 1.82) is 5.26 Å². The Morgan fingerprint density at radius 2 is 1.96 bits per heavy atom. The Bertz CT molecular complexity index is 832. The van der Waals surface area contributed by atoms with E-state index >= 15 is 0 Å². The topological polar surface area (TPSA) is 49.8 Å². The van der Waals surface area contributed by atoms with Gasteiger partial charge in [-0.3, -0.25) is 0 Å². The fourth-order valence-electron chi connectivity index (χ4n) is 2.61. The minimum absolute atomic E-state index is 0.0589. The normalized spacial score (nSPS) is 11.4. The number of nitriles is 1. The molecule has 0 saturated carbocycles. The summed E-state index contributed by atoms with van der Waals surface area (Å²) in [6, 6.07) is 8.96. The van der Waals surface area contributed by atoms with Gasteiger partial charge in [0.25, 0.3) is 0 Å². The van der Waals surface area contributed by atoms with Gasteiger partial charge in [0.15, 0.2) is 0 Å². The maximum Gasteiger partial charge on any atom is 0.147 e. The highest BCUT2D eigenvalue weighted by Crippen LogP contribution is 2.36. The van der Waals surface area contributed by atoms with E-state index in [1.165, 1.54) is 6.07 Å². The standard InChI is InChI=1S/C19H18ClFN2/c1-4-5-14(15-6-7-17(21)19(23)18(15)20)16-9-13(10-22)11(2)8-12(16)3/h5-9H,4,23H2,1-3H3/b14-5-. The van der Waals surface area contributed by atoms with Crippen molar-refractivity contribution >= 4 is 22.9 Å². The van der Waals surface area contributed by atoms with E-state index in [1.807, 2.05) is 39.0 Å². The first kappa shape index (κ1) is 17.1. The van der Waals surface area contributed by atoms with Gasteiger partial charge in [-0.25, -0.2) is 4.39 Å². The minimum Gasteiger partial charge on any atom is -0.395 e. The minimum atomic E-state index is -0.534. The van der Waals surface area contributed by atoms with Crippen LogP contribution in [0.25, 0.3) is 5.57 Å². The second kappa shape index (κ2) is 6.85. The summed E-state index contributed by atoms with van der Waals surface area (Å²) in [4.78, 5) is 0. The highest BCUT2D eigenvalue weighted by atomic mass is 35.5. The van der Waals surface area contributed by atoms with Crippen LogP contribution in [0.3, 0.4) is 0 Å². The van der Waals surface area contributed by atoms with Gasteiger partial charge in [0, 0.05) is 5.56 Å². The summed E-state index contributed by atoms with van der Waals surface area (Å²) in [7, 11) is 0. The molecule has 0 amide bonds. The van der Waals surface area contributed by atoms with Crippen LogP contribution >= 0.6 is 11.6 Å². The molecule has 0 aliphatic carbocycles. The fourth-order valence-corrected chi connectivity index (χ4v) is 2.86. The van der Waals surface area contributed by atoms with Gasteiger partial charge in [-0.05, 0) is 60.7 Å². The predicted molar refractivity (Wildman–Crippen MR) is 93.8 cm³/mol. The number of anilines is 1. The number of rotatable bonds is 3. The highest BCUT2D eigenvalue weighted by molar-refractivity contribution is 6.35. The third kappa shape index (κ3) is 3.23. The van der Waals surface area contributed by atoms with Gasteiger partial charge in [-0.2, -0.15) is 5.26 Å². The number of halogens is 2. The number of allylic oxidation sites excluding steroid dienone is 1. The lowest BCUT2D eigenvalue weighted by atomic mass is 9.90. The third-order valence-electron chi connectivity index (χ3n) is 3.81. The van der Waals surface area contributed by atoms with Crippen molar-refractivity contribution in [2.45, 2.75) is 27.2 Å². The summed E-state index contributed by atoms with van der Waals surface area (Å²) in [5.74, 6) is -0.534. The molecule has 0 fully saturated rings. The zero-order valence-corrected chi connectivity index (χ0v) is 14.1. The van der Waals surface area contributed by atoms with Gasteiger partial charge in [-0.15, -0.1) is 0 Å². The molecule has 0 atom stereocenters. The van der Waals surface area contributed by atoms with Gasteiger partial charge in [0.05, 0.1) is 22.3 Å². The average Bonchev–Trinajstić information content (AvgIpc) is 2.52. The van der Waals surface area contributed by atoms with Crippen molar-refractivity contribution in [1.82, 2.24) is 0 Å². The zero-order valence-electron chi connectivity index (χ0n) is 13.4. The SMILES string of the molecule is CC/C=C(\c1cc(C#N)c(C)cc1C)c1ccc(F)c(N)c1Cl. The van der Waals surface area contributed by atoms with Crippen LogP contribution in [-0.2, 0) is 0 Å². The molecular weight excluding hydrogens is 311 g/mol. The Kier molecular flexibility index (Phi) is 5.08. The van der Waals surface area contributed by atoms with Crippen LogP contribution in [0, 0.1) is 31.0 Å². The molecule has 0 aliphatic heterocycles. The van der Waals surface area contributed by atoms with Gasteiger partial charge < -0.3 is 5.73 Å². The van der Waals surface area contributed by atoms with Crippen molar-refractivity contribution in [3.63, 3.8) is 0 Å². The maximum absolute atomic E-state index is 13.6. The van der Waals surface area contributed by atoms with Gasteiger partial charge >= 0.3 is 0 Å². The fraction of sp³-hybridized carbons (Fsp3) is 0.211. The molecule has 23 heavy (non-hydrogen) atoms. The van der Waals surface area contributed by atoms with E-state index in [0.29, 0.717) is 11.1 Å². The van der Waals surface area contributed by atoms with Crippen molar-refractivity contribution in [3.05, 3.63) is 69.0 Å². The summed E-state index contributed by atoms with van der Waals surface area (Å²) in [5.41, 5.74) is 10.7. The molecule has 0 bridgehead atoms. The Morgan fingerprint density at radius 3 is 2.57 bits per heavy atom. The average molecular weight is 329 g/mol. The van der Waals surface area contributed by atoms with Gasteiger partial charge in [0.2, 0.25) is 0 Å². The lowest BCUT2D eigenvalue weighted by Crippen LogP contribution is -1.99. The van der Waals surface area contributed by atoms with Gasteiger partial charge in [0.1, 0.15) is 5.82 Å².